The zero-order valence-electron chi connectivity index (χ0n) is 14.4. The Morgan fingerprint density at radius 2 is 1.86 bits per heavy atom. The van der Waals surface area contributed by atoms with Crippen molar-refractivity contribution in [2.45, 2.75) is 6.54 Å². The number of aromatic nitrogens is 2. The molecule has 1 aliphatic heterocycles. The van der Waals surface area contributed by atoms with Gasteiger partial charge >= 0.3 is 0 Å². The maximum Gasteiger partial charge on any atom is 0.261 e. The Morgan fingerprint density at radius 3 is 2.57 bits per heavy atom. The van der Waals surface area contributed by atoms with E-state index in [0.29, 0.717) is 10.8 Å². The molecule has 28 heavy (non-hydrogen) atoms. The maximum absolute atomic E-state index is 12.7. The number of benzene rings is 1. The van der Waals surface area contributed by atoms with Gasteiger partial charge in [0.25, 0.3) is 17.7 Å². The fourth-order valence-electron chi connectivity index (χ4n) is 2.89. The number of halogens is 1. The molecule has 3 heterocycles. The summed E-state index contributed by atoms with van der Waals surface area (Å²) in [4.78, 5) is 46.9. The summed E-state index contributed by atoms with van der Waals surface area (Å²) in [6, 6.07) is 11.1. The lowest BCUT2D eigenvalue weighted by atomic mass is 10.1. The van der Waals surface area contributed by atoms with Crippen molar-refractivity contribution in [2.75, 3.05) is 5.32 Å². The molecule has 0 saturated heterocycles. The summed E-state index contributed by atoms with van der Waals surface area (Å²) in [5.74, 6) is -0.947. The lowest BCUT2D eigenvalue weighted by Crippen LogP contribution is -2.29. The fourth-order valence-corrected chi connectivity index (χ4v) is 3.00. The van der Waals surface area contributed by atoms with E-state index in [9.17, 15) is 14.4 Å². The second-order valence-corrected chi connectivity index (χ2v) is 6.57. The van der Waals surface area contributed by atoms with Gasteiger partial charge in [-0.15, -0.1) is 0 Å². The van der Waals surface area contributed by atoms with Gasteiger partial charge in [0.05, 0.1) is 22.7 Å². The number of pyridine rings is 2. The first-order valence-electron chi connectivity index (χ1n) is 8.35. The molecule has 0 unspecified atom stereocenters. The second-order valence-electron chi connectivity index (χ2n) is 6.13. The Balaban J connectivity index is 1.56. The third-order valence-corrected chi connectivity index (χ3v) is 4.49. The number of rotatable bonds is 4. The Hall–Kier alpha value is -3.58. The molecule has 138 valence electrons. The Labute approximate surface area is 165 Å². The first-order valence-corrected chi connectivity index (χ1v) is 8.73. The minimum absolute atomic E-state index is 0.121. The van der Waals surface area contributed by atoms with Gasteiger partial charge in [-0.3, -0.25) is 24.3 Å². The van der Waals surface area contributed by atoms with Crippen LogP contribution in [0.15, 0.2) is 61.1 Å². The SMILES string of the molecule is O=C(Nc1ccc(Cl)cn1)c1ccc2c(c1)C(=O)N(Cc1cccnc1)C2=O. The van der Waals surface area contributed by atoms with E-state index in [-0.39, 0.29) is 23.2 Å². The number of hydrogen-bond donors (Lipinski definition) is 1. The van der Waals surface area contributed by atoms with E-state index in [1.165, 1.54) is 24.4 Å². The number of nitrogens with one attached hydrogen (secondary N) is 1. The molecule has 4 rings (SSSR count). The Morgan fingerprint density at radius 1 is 1.04 bits per heavy atom. The lowest BCUT2D eigenvalue weighted by molar-refractivity contribution is 0.0642. The molecule has 0 bridgehead atoms. The molecule has 7 nitrogen and oxygen atoms in total. The zero-order valence-corrected chi connectivity index (χ0v) is 15.2. The summed E-state index contributed by atoms with van der Waals surface area (Å²) >= 11 is 5.78. The normalized spacial score (nSPS) is 12.8. The maximum atomic E-state index is 12.7. The first kappa shape index (κ1) is 17.8. The van der Waals surface area contributed by atoms with Crippen LogP contribution in [0.25, 0.3) is 0 Å². The van der Waals surface area contributed by atoms with Crippen LogP contribution in [0.4, 0.5) is 5.82 Å². The molecule has 8 heteroatoms. The quantitative estimate of drug-likeness (QED) is 0.688. The van der Waals surface area contributed by atoms with Crippen LogP contribution in [0.5, 0.6) is 0 Å². The molecule has 0 spiro atoms. The molecule has 2 aromatic heterocycles. The molecule has 1 aliphatic rings. The van der Waals surface area contributed by atoms with Gasteiger partial charge in [0.15, 0.2) is 0 Å². The van der Waals surface area contributed by atoms with Crippen LogP contribution in [0.1, 0.15) is 36.6 Å². The van der Waals surface area contributed by atoms with Gasteiger partial charge in [0.1, 0.15) is 5.82 Å². The number of anilines is 1. The average molecular weight is 393 g/mol. The molecular formula is C20H13ClN4O3. The van der Waals surface area contributed by atoms with Crippen LogP contribution in [0, 0.1) is 0 Å². The van der Waals surface area contributed by atoms with Crippen LogP contribution in [-0.2, 0) is 6.54 Å². The van der Waals surface area contributed by atoms with E-state index >= 15 is 0 Å². The van der Waals surface area contributed by atoms with Crippen molar-refractivity contribution in [3.63, 3.8) is 0 Å². The molecule has 1 N–H and O–H groups in total. The predicted molar refractivity (Wildman–Crippen MR) is 102 cm³/mol. The van der Waals surface area contributed by atoms with Gasteiger partial charge in [-0.1, -0.05) is 17.7 Å². The summed E-state index contributed by atoms with van der Waals surface area (Å²) in [5, 5.41) is 3.08. The molecule has 3 aromatic rings. The highest BCUT2D eigenvalue weighted by Gasteiger charge is 2.36. The van der Waals surface area contributed by atoms with E-state index in [4.69, 9.17) is 11.6 Å². The Kier molecular flexibility index (Phi) is 4.58. The molecule has 0 saturated carbocycles. The van der Waals surface area contributed by atoms with Crippen molar-refractivity contribution in [1.82, 2.24) is 14.9 Å². The van der Waals surface area contributed by atoms with Crippen molar-refractivity contribution >= 4 is 35.1 Å². The van der Waals surface area contributed by atoms with Crippen LogP contribution in [-0.4, -0.2) is 32.6 Å². The van der Waals surface area contributed by atoms with E-state index in [2.05, 4.69) is 15.3 Å². The summed E-state index contributed by atoms with van der Waals surface area (Å²) in [6.07, 6.45) is 4.63. The van der Waals surface area contributed by atoms with Crippen LogP contribution in [0.2, 0.25) is 5.02 Å². The number of imide groups is 1. The average Bonchev–Trinajstić information content (AvgIpc) is 2.95. The molecule has 0 fully saturated rings. The molecule has 0 atom stereocenters. The second kappa shape index (κ2) is 7.21. The molecular weight excluding hydrogens is 380 g/mol. The van der Waals surface area contributed by atoms with Crippen LogP contribution < -0.4 is 5.32 Å². The van der Waals surface area contributed by atoms with Crippen LogP contribution >= 0.6 is 11.6 Å². The molecule has 0 radical (unpaired) electrons. The van der Waals surface area contributed by atoms with Crippen molar-refractivity contribution in [3.8, 4) is 0 Å². The summed E-state index contributed by atoms with van der Waals surface area (Å²) in [5.41, 5.74) is 1.46. The van der Waals surface area contributed by atoms with Gasteiger partial charge < -0.3 is 5.32 Å². The van der Waals surface area contributed by atoms with Crippen LogP contribution in [0.3, 0.4) is 0 Å². The standard InChI is InChI=1S/C20H13ClN4O3/c21-14-4-6-17(23-10-14)24-18(26)13-3-5-15-16(8-13)20(28)25(19(15)27)11-12-2-1-7-22-9-12/h1-10H,11H2,(H,23,24,26). The van der Waals surface area contributed by atoms with Gasteiger partial charge in [0.2, 0.25) is 0 Å². The number of amides is 3. The number of carbonyl (C=O) groups is 3. The summed E-state index contributed by atoms with van der Waals surface area (Å²) < 4.78 is 0. The third kappa shape index (κ3) is 3.35. The number of fused-ring (bicyclic) bond motifs is 1. The summed E-state index contributed by atoms with van der Waals surface area (Å²) in [6.45, 7) is 0.121. The number of hydrogen-bond acceptors (Lipinski definition) is 5. The van der Waals surface area contributed by atoms with E-state index in [1.54, 1.807) is 36.7 Å². The topological polar surface area (TPSA) is 92.3 Å². The summed E-state index contributed by atoms with van der Waals surface area (Å²) in [7, 11) is 0. The van der Waals surface area contributed by atoms with Crippen molar-refractivity contribution in [2.24, 2.45) is 0 Å². The minimum Gasteiger partial charge on any atom is -0.307 e. The van der Waals surface area contributed by atoms with E-state index in [1.807, 2.05) is 0 Å². The lowest BCUT2D eigenvalue weighted by Gasteiger charge is -2.13. The third-order valence-electron chi connectivity index (χ3n) is 4.27. The smallest absolute Gasteiger partial charge is 0.261 e. The number of carbonyl (C=O) groups excluding carboxylic acids is 3. The highest BCUT2D eigenvalue weighted by molar-refractivity contribution is 6.30. The molecule has 0 aliphatic carbocycles. The monoisotopic (exact) mass is 392 g/mol. The van der Waals surface area contributed by atoms with Gasteiger partial charge in [-0.05, 0) is 42.0 Å². The molecule has 3 amide bonds. The van der Waals surface area contributed by atoms with Gasteiger partial charge in [-0.25, -0.2) is 4.98 Å². The first-order chi connectivity index (χ1) is 13.5. The highest BCUT2D eigenvalue weighted by Crippen LogP contribution is 2.26. The fraction of sp³-hybridized carbons (Fsp3) is 0.0500. The van der Waals surface area contributed by atoms with Crippen molar-refractivity contribution < 1.29 is 14.4 Å². The van der Waals surface area contributed by atoms with E-state index in [0.717, 1.165) is 10.5 Å². The van der Waals surface area contributed by atoms with Gasteiger partial charge in [-0.2, -0.15) is 0 Å². The minimum atomic E-state index is -0.442. The Bertz CT molecular complexity index is 1080. The van der Waals surface area contributed by atoms with Crippen molar-refractivity contribution in [3.05, 3.63) is 88.3 Å². The predicted octanol–water partition coefficient (Wildman–Crippen LogP) is 3.18. The van der Waals surface area contributed by atoms with Crippen molar-refractivity contribution in [1.29, 1.82) is 0 Å². The van der Waals surface area contributed by atoms with E-state index < -0.39 is 17.7 Å². The van der Waals surface area contributed by atoms with Gasteiger partial charge in [0, 0.05) is 24.2 Å². The highest BCUT2D eigenvalue weighted by atomic mass is 35.5. The number of nitrogens with zero attached hydrogens (tertiary/aromatic N) is 3. The zero-order chi connectivity index (χ0) is 19.7. The largest absolute Gasteiger partial charge is 0.307 e. The molecule has 1 aromatic carbocycles.